The first-order valence-corrected chi connectivity index (χ1v) is 9.41. The van der Waals surface area contributed by atoms with Crippen molar-refractivity contribution >= 4 is 53.1 Å². The number of anilines is 1. The van der Waals surface area contributed by atoms with E-state index in [0.29, 0.717) is 22.4 Å². The van der Waals surface area contributed by atoms with Crippen LogP contribution < -0.4 is 20.5 Å². The van der Waals surface area contributed by atoms with Gasteiger partial charge in [-0.25, -0.2) is 14.4 Å². The number of hydrogen-bond donors (Lipinski definition) is 2. The molecule has 0 amide bonds. The Morgan fingerprint density at radius 1 is 1.20 bits per heavy atom. The van der Waals surface area contributed by atoms with Gasteiger partial charge in [0.1, 0.15) is 11.9 Å². The van der Waals surface area contributed by atoms with E-state index in [1.807, 2.05) is 0 Å². The summed E-state index contributed by atoms with van der Waals surface area (Å²) in [5.74, 6) is 0.930. The Balaban J connectivity index is 0.00000160. The van der Waals surface area contributed by atoms with Crippen molar-refractivity contribution in [3.63, 3.8) is 0 Å². The minimum atomic E-state index is -0.584. The van der Waals surface area contributed by atoms with E-state index >= 15 is 0 Å². The smallest absolute Gasteiger partial charge is 0.165 e. The highest BCUT2D eigenvalue weighted by molar-refractivity contribution is 6.31. The van der Waals surface area contributed by atoms with E-state index in [-0.39, 0.29) is 53.1 Å². The van der Waals surface area contributed by atoms with Crippen molar-refractivity contribution in [1.82, 2.24) is 15.3 Å². The molecule has 6 nitrogen and oxygen atoms in total. The molecule has 1 atom stereocenters. The Morgan fingerprint density at radius 2 is 2.00 bits per heavy atom. The maximum Gasteiger partial charge on any atom is 0.165 e. The lowest BCUT2D eigenvalue weighted by atomic mass is 10.1. The molecule has 1 aliphatic rings. The van der Waals surface area contributed by atoms with E-state index in [9.17, 15) is 4.39 Å². The van der Waals surface area contributed by atoms with Crippen LogP contribution in [0.1, 0.15) is 12.8 Å². The number of nitrogens with one attached hydrogen (secondary N) is 1. The summed E-state index contributed by atoms with van der Waals surface area (Å²) in [5.41, 5.74) is 6.88. The molecule has 4 rings (SSSR count). The van der Waals surface area contributed by atoms with Gasteiger partial charge in [0.25, 0.3) is 0 Å². The van der Waals surface area contributed by atoms with Gasteiger partial charge < -0.3 is 20.5 Å². The van der Waals surface area contributed by atoms with Gasteiger partial charge in [0, 0.05) is 18.0 Å². The predicted octanol–water partition coefficient (Wildman–Crippen LogP) is 4.65. The minimum absolute atomic E-state index is 0. The maximum absolute atomic E-state index is 14.4. The van der Waals surface area contributed by atoms with Gasteiger partial charge in [-0.15, -0.1) is 24.8 Å². The minimum Gasteiger partial charge on any atom is -0.493 e. The Hall–Kier alpha value is -2.06. The second-order valence-corrected chi connectivity index (χ2v) is 7.05. The SMILES string of the molecule is COc1cc2nc(-c3cccc(Cl)c3F)nc(N)c2cc1O[C@@H]1CCCNC1.Cl.Cl. The van der Waals surface area contributed by atoms with Crippen molar-refractivity contribution in [3.05, 3.63) is 41.2 Å². The second-order valence-electron chi connectivity index (χ2n) is 6.64. The number of rotatable bonds is 4. The number of methoxy groups -OCH3 is 1. The molecule has 1 aliphatic heterocycles. The molecule has 2 aromatic carbocycles. The zero-order valence-corrected chi connectivity index (χ0v) is 18.5. The molecule has 1 fully saturated rings. The van der Waals surface area contributed by atoms with Gasteiger partial charge in [-0.2, -0.15) is 0 Å². The van der Waals surface area contributed by atoms with Gasteiger partial charge in [-0.3, -0.25) is 0 Å². The van der Waals surface area contributed by atoms with Crippen molar-refractivity contribution in [3.8, 4) is 22.9 Å². The molecular weight excluding hydrogens is 454 g/mol. The molecule has 1 aromatic heterocycles. The monoisotopic (exact) mass is 474 g/mol. The first-order valence-electron chi connectivity index (χ1n) is 9.04. The predicted molar refractivity (Wildman–Crippen MR) is 122 cm³/mol. The Bertz CT molecular complexity index is 1030. The molecule has 0 unspecified atom stereocenters. The molecule has 1 saturated heterocycles. The lowest BCUT2D eigenvalue weighted by molar-refractivity contribution is 0.161. The molecule has 10 heteroatoms. The number of ether oxygens (including phenoxy) is 2. The number of fused-ring (bicyclic) bond motifs is 1. The van der Waals surface area contributed by atoms with Crippen molar-refractivity contribution < 1.29 is 13.9 Å². The summed E-state index contributed by atoms with van der Waals surface area (Å²) < 4.78 is 26.0. The van der Waals surface area contributed by atoms with E-state index in [4.69, 9.17) is 26.8 Å². The third-order valence-electron chi connectivity index (χ3n) is 4.75. The molecule has 162 valence electrons. The molecule has 0 saturated carbocycles. The summed E-state index contributed by atoms with van der Waals surface area (Å²) >= 11 is 5.88. The van der Waals surface area contributed by atoms with Gasteiger partial charge in [0.15, 0.2) is 23.1 Å². The fraction of sp³-hybridized carbons (Fsp3) is 0.300. The van der Waals surface area contributed by atoms with Crippen LogP contribution in [-0.4, -0.2) is 36.3 Å². The fourth-order valence-electron chi connectivity index (χ4n) is 3.31. The number of nitrogens with two attached hydrogens (primary N) is 1. The largest absolute Gasteiger partial charge is 0.493 e. The van der Waals surface area contributed by atoms with E-state index < -0.39 is 5.82 Å². The number of benzene rings is 2. The lowest BCUT2D eigenvalue weighted by Crippen LogP contribution is -2.37. The first kappa shape index (κ1) is 24.2. The molecule has 3 aromatic rings. The van der Waals surface area contributed by atoms with E-state index in [1.165, 1.54) is 6.07 Å². The second kappa shape index (κ2) is 10.3. The first-order chi connectivity index (χ1) is 13.6. The van der Waals surface area contributed by atoms with Crippen LogP contribution in [0.2, 0.25) is 5.02 Å². The highest BCUT2D eigenvalue weighted by atomic mass is 35.5. The molecule has 0 aliphatic carbocycles. The zero-order chi connectivity index (χ0) is 19.7. The number of nitrogens with zero attached hydrogens (tertiary/aromatic N) is 2. The topological polar surface area (TPSA) is 82.3 Å². The summed E-state index contributed by atoms with van der Waals surface area (Å²) in [6.07, 6.45) is 2.08. The third kappa shape index (κ3) is 4.81. The average Bonchev–Trinajstić information content (AvgIpc) is 2.70. The summed E-state index contributed by atoms with van der Waals surface area (Å²) in [6.45, 7) is 1.78. The van der Waals surface area contributed by atoms with Gasteiger partial charge in [0.2, 0.25) is 0 Å². The van der Waals surface area contributed by atoms with Crippen molar-refractivity contribution in [1.29, 1.82) is 0 Å². The van der Waals surface area contributed by atoms with Crippen LogP contribution in [0, 0.1) is 5.82 Å². The van der Waals surface area contributed by atoms with Crippen LogP contribution in [-0.2, 0) is 0 Å². The van der Waals surface area contributed by atoms with Crippen LogP contribution in [0.4, 0.5) is 10.2 Å². The summed E-state index contributed by atoms with van der Waals surface area (Å²) in [5, 5.41) is 3.93. The molecule has 0 spiro atoms. The molecule has 2 heterocycles. The van der Waals surface area contributed by atoms with E-state index in [1.54, 1.807) is 31.4 Å². The van der Waals surface area contributed by atoms with Gasteiger partial charge in [-0.05, 0) is 37.6 Å². The van der Waals surface area contributed by atoms with Crippen molar-refractivity contribution in [2.45, 2.75) is 18.9 Å². The number of nitrogen functional groups attached to an aromatic ring is 1. The highest BCUT2D eigenvalue weighted by Crippen LogP contribution is 2.36. The van der Waals surface area contributed by atoms with Crippen LogP contribution in [0.15, 0.2) is 30.3 Å². The van der Waals surface area contributed by atoms with E-state index in [0.717, 1.165) is 25.9 Å². The van der Waals surface area contributed by atoms with Crippen LogP contribution in [0.3, 0.4) is 0 Å². The average molecular weight is 476 g/mol. The number of halogens is 4. The fourth-order valence-corrected chi connectivity index (χ4v) is 3.48. The van der Waals surface area contributed by atoms with Crippen molar-refractivity contribution in [2.75, 3.05) is 25.9 Å². The number of piperidine rings is 1. The van der Waals surface area contributed by atoms with Gasteiger partial charge in [-0.1, -0.05) is 17.7 Å². The molecule has 0 bridgehead atoms. The summed E-state index contributed by atoms with van der Waals surface area (Å²) in [7, 11) is 1.56. The van der Waals surface area contributed by atoms with Crippen LogP contribution in [0.25, 0.3) is 22.3 Å². The standard InChI is InChI=1S/C20H20ClFN4O2.2ClH/c1-27-16-9-15-13(8-17(16)28-11-4-3-7-24-10-11)19(23)26-20(25-15)12-5-2-6-14(21)18(12)22;;/h2,5-6,8-9,11,24H,3-4,7,10H2,1H3,(H2,23,25,26);2*1H/t11-;;/m1../s1. The van der Waals surface area contributed by atoms with Gasteiger partial charge in [0.05, 0.1) is 23.2 Å². The Labute approximate surface area is 191 Å². The third-order valence-corrected chi connectivity index (χ3v) is 5.04. The lowest BCUT2D eigenvalue weighted by Gasteiger charge is -2.25. The van der Waals surface area contributed by atoms with Crippen LogP contribution >= 0.6 is 36.4 Å². The molecule has 3 N–H and O–H groups in total. The number of hydrogen-bond acceptors (Lipinski definition) is 6. The van der Waals surface area contributed by atoms with E-state index in [2.05, 4.69) is 15.3 Å². The maximum atomic E-state index is 14.4. The van der Waals surface area contributed by atoms with Gasteiger partial charge >= 0.3 is 0 Å². The molecule has 0 radical (unpaired) electrons. The molecular formula is C20H22Cl3FN4O2. The Kier molecular flexibility index (Phi) is 8.32. The summed E-state index contributed by atoms with van der Waals surface area (Å²) in [6, 6.07) is 8.17. The number of aromatic nitrogens is 2. The Morgan fingerprint density at radius 3 is 2.70 bits per heavy atom. The summed E-state index contributed by atoms with van der Waals surface area (Å²) in [4.78, 5) is 8.74. The highest BCUT2D eigenvalue weighted by Gasteiger charge is 2.19. The van der Waals surface area contributed by atoms with Crippen molar-refractivity contribution in [2.24, 2.45) is 0 Å². The van der Waals surface area contributed by atoms with Crippen LogP contribution in [0.5, 0.6) is 11.5 Å². The molecule has 30 heavy (non-hydrogen) atoms. The zero-order valence-electron chi connectivity index (χ0n) is 16.2. The quantitative estimate of drug-likeness (QED) is 0.571. The normalized spacial score (nSPS) is 15.8.